The first kappa shape index (κ1) is 25.4. The molecule has 5 heteroatoms. The van der Waals surface area contributed by atoms with E-state index in [4.69, 9.17) is 9.47 Å². The minimum absolute atomic E-state index is 0.0461. The molecule has 2 aliphatic rings. The Morgan fingerprint density at radius 2 is 1.78 bits per heavy atom. The Hall–Kier alpha value is -2.82. The molecule has 0 aliphatic carbocycles. The monoisotopic (exact) mass is 438 g/mol. The summed E-state index contributed by atoms with van der Waals surface area (Å²) < 4.78 is 11.5. The summed E-state index contributed by atoms with van der Waals surface area (Å²) in [6, 6.07) is 11.6. The van der Waals surface area contributed by atoms with Gasteiger partial charge in [-0.3, -0.25) is 14.7 Å². The molecule has 2 aliphatic heterocycles. The molecule has 2 aromatic carbocycles. The molecular formula is C27H38N2O3. The Morgan fingerprint density at radius 1 is 1.03 bits per heavy atom. The van der Waals surface area contributed by atoms with Crippen LogP contribution in [0, 0.1) is 0 Å². The number of carbonyl (C=O) groups is 1. The molecule has 4 rings (SSSR count). The van der Waals surface area contributed by atoms with Crippen LogP contribution in [0.3, 0.4) is 0 Å². The number of ether oxygens (including phenoxy) is 2. The average Bonchev–Trinajstić information content (AvgIpc) is 3.17. The zero-order valence-corrected chi connectivity index (χ0v) is 20.5. The quantitative estimate of drug-likeness (QED) is 0.438. The molecule has 2 heterocycles. The zero-order chi connectivity index (χ0) is 23.5. The van der Waals surface area contributed by atoms with Crippen molar-refractivity contribution >= 4 is 23.5 Å². The topological polar surface area (TPSA) is 51.1 Å². The summed E-state index contributed by atoms with van der Waals surface area (Å²) in [6.07, 6.45) is 7.22. The number of methoxy groups -OCH3 is 1. The largest absolute Gasteiger partial charge is 0.493 e. The molecule has 0 spiro atoms. The summed E-state index contributed by atoms with van der Waals surface area (Å²) in [4.78, 5) is 19.8. The fraction of sp³-hybridized carbons (Fsp3) is 0.481. The van der Waals surface area contributed by atoms with Crippen LogP contribution >= 0.6 is 0 Å². The summed E-state index contributed by atoms with van der Waals surface area (Å²) in [6.45, 7) is 10.8. The maximum atomic E-state index is 13.3. The van der Waals surface area contributed by atoms with Gasteiger partial charge in [0.1, 0.15) is 0 Å². The number of fused-ring (bicyclic) bond motifs is 4. The van der Waals surface area contributed by atoms with Crippen molar-refractivity contribution in [3.63, 3.8) is 0 Å². The fourth-order valence-electron chi connectivity index (χ4n) is 3.90. The maximum absolute atomic E-state index is 13.3. The van der Waals surface area contributed by atoms with Gasteiger partial charge >= 0.3 is 0 Å². The lowest BCUT2D eigenvalue weighted by molar-refractivity contribution is 0.0986. The van der Waals surface area contributed by atoms with Crippen LogP contribution in [-0.4, -0.2) is 31.9 Å². The van der Waals surface area contributed by atoms with Gasteiger partial charge in [-0.05, 0) is 24.1 Å². The van der Waals surface area contributed by atoms with Crippen LogP contribution in [-0.2, 0) is 6.42 Å². The highest BCUT2D eigenvalue weighted by Crippen LogP contribution is 2.40. The number of hydrogen-bond donors (Lipinski definition) is 0. The van der Waals surface area contributed by atoms with E-state index in [0.717, 1.165) is 24.9 Å². The Bertz CT molecular complexity index is 908. The van der Waals surface area contributed by atoms with Crippen LogP contribution < -0.4 is 14.4 Å². The fourth-order valence-corrected chi connectivity index (χ4v) is 3.90. The van der Waals surface area contributed by atoms with Gasteiger partial charge in [0.05, 0.1) is 31.0 Å². The highest BCUT2D eigenvalue weighted by atomic mass is 16.5. The highest BCUT2D eigenvalue weighted by molar-refractivity contribution is 6.14. The number of aliphatic imine (C=N–C) groups is 1. The molecule has 0 radical (unpaired) electrons. The van der Waals surface area contributed by atoms with Crippen molar-refractivity contribution in [2.75, 3.05) is 18.6 Å². The molecule has 174 valence electrons. The van der Waals surface area contributed by atoms with Crippen molar-refractivity contribution in [3.8, 4) is 11.5 Å². The number of anilines is 1. The van der Waals surface area contributed by atoms with Gasteiger partial charge in [0.15, 0.2) is 11.5 Å². The van der Waals surface area contributed by atoms with E-state index in [2.05, 4.69) is 18.0 Å². The molecule has 1 amide bonds. The maximum Gasteiger partial charge on any atom is 0.261 e. The third kappa shape index (κ3) is 5.50. The SMILES string of the molecule is CC.CC.CCCCCCOc1cc2c(cc1OC)C(=O)N1c3ccccc3CC1C=N2. The van der Waals surface area contributed by atoms with Crippen molar-refractivity contribution < 1.29 is 14.3 Å². The van der Waals surface area contributed by atoms with Crippen molar-refractivity contribution in [2.24, 2.45) is 4.99 Å². The molecule has 5 nitrogen and oxygen atoms in total. The van der Waals surface area contributed by atoms with E-state index in [1.165, 1.54) is 18.4 Å². The smallest absolute Gasteiger partial charge is 0.261 e. The summed E-state index contributed by atoms with van der Waals surface area (Å²) >= 11 is 0. The lowest BCUT2D eigenvalue weighted by Gasteiger charge is -2.22. The predicted octanol–water partition coefficient (Wildman–Crippen LogP) is 6.99. The highest BCUT2D eigenvalue weighted by Gasteiger charge is 2.36. The van der Waals surface area contributed by atoms with E-state index in [9.17, 15) is 4.79 Å². The van der Waals surface area contributed by atoms with Gasteiger partial charge in [0.25, 0.3) is 5.91 Å². The van der Waals surface area contributed by atoms with Crippen molar-refractivity contribution in [1.29, 1.82) is 0 Å². The number of nitrogens with zero attached hydrogens (tertiary/aromatic N) is 2. The van der Waals surface area contributed by atoms with Crippen LogP contribution in [0.5, 0.6) is 11.5 Å². The molecule has 1 unspecified atom stereocenters. The Labute approximate surface area is 193 Å². The third-order valence-electron chi connectivity index (χ3n) is 5.38. The third-order valence-corrected chi connectivity index (χ3v) is 5.38. The van der Waals surface area contributed by atoms with Gasteiger partial charge in [-0.15, -0.1) is 0 Å². The Kier molecular flexibility index (Phi) is 10.3. The van der Waals surface area contributed by atoms with Gasteiger partial charge in [-0.25, -0.2) is 0 Å². The lowest BCUT2D eigenvalue weighted by Crippen LogP contribution is -2.37. The minimum atomic E-state index is -0.0540. The first-order valence-electron chi connectivity index (χ1n) is 12.0. The van der Waals surface area contributed by atoms with E-state index in [-0.39, 0.29) is 11.9 Å². The van der Waals surface area contributed by atoms with Gasteiger partial charge in [-0.2, -0.15) is 0 Å². The van der Waals surface area contributed by atoms with Gasteiger partial charge in [0.2, 0.25) is 0 Å². The first-order chi connectivity index (χ1) is 15.7. The van der Waals surface area contributed by atoms with Crippen LogP contribution in [0.15, 0.2) is 41.4 Å². The number of hydrogen-bond acceptors (Lipinski definition) is 4. The van der Waals surface area contributed by atoms with E-state index in [1.807, 2.05) is 63.1 Å². The lowest BCUT2D eigenvalue weighted by atomic mass is 10.1. The van der Waals surface area contributed by atoms with Crippen molar-refractivity contribution in [1.82, 2.24) is 0 Å². The second kappa shape index (κ2) is 12.9. The normalized spacial score (nSPS) is 15.2. The van der Waals surface area contributed by atoms with Crippen molar-refractivity contribution in [3.05, 3.63) is 47.5 Å². The van der Waals surface area contributed by atoms with Gasteiger partial charge in [-0.1, -0.05) is 72.1 Å². The minimum Gasteiger partial charge on any atom is -0.493 e. The van der Waals surface area contributed by atoms with Crippen LogP contribution in [0.4, 0.5) is 11.4 Å². The molecular weight excluding hydrogens is 400 g/mol. The van der Waals surface area contributed by atoms with E-state index < -0.39 is 0 Å². The van der Waals surface area contributed by atoms with Crippen LogP contribution in [0.1, 0.15) is 76.2 Å². The molecule has 1 atom stereocenters. The molecule has 0 saturated heterocycles. The molecule has 0 saturated carbocycles. The number of carbonyl (C=O) groups excluding carboxylic acids is 1. The van der Waals surface area contributed by atoms with E-state index in [0.29, 0.717) is 29.4 Å². The summed E-state index contributed by atoms with van der Waals surface area (Å²) in [5, 5.41) is 0. The van der Waals surface area contributed by atoms with Crippen LogP contribution in [0.25, 0.3) is 0 Å². The number of para-hydroxylation sites is 1. The van der Waals surface area contributed by atoms with E-state index in [1.54, 1.807) is 13.2 Å². The van der Waals surface area contributed by atoms with Gasteiger partial charge < -0.3 is 9.47 Å². The Balaban J connectivity index is 0.000000860. The van der Waals surface area contributed by atoms with Crippen LogP contribution in [0.2, 0.25) is 0 Å². The molecule has 0 bridgehead atoms. The summed E-state index contributed by atoms with van der Waals surface area (Å²) in [5.41, 5.74) is 3.33. The molecule has 2 aromatic rings. The number of rotatable bonds is 7. The second-order valence-electron chi connectivity index (χ2n) is 7.28. The summed E-state index contributed by atoms with van der Waals surface area (Å²) in [7, 11) is 1.60. The molecule has 0 N–H and O–H groups in total. The number of unbranched alkanes of at least 4 members (excludes halogenated alkanes) is 3. The standard InChI is InChI=1S/C23H26N2O3.2C2H6/c1-3-4-5-8-11-28-22-14-19-18(13-21(22)27-2)23(26)25-17(15-24-19)12-16-9-6-7-10-20(16)25;2*1-2/h6-7,9-10,13-15,17H,3-5,8,11-12H2,1-2H3;2*1-2H3. The number of benzene rings is 2. The predicted molar refractivity (Wildman–Crippen MR) is 134 cm³/mol. The van der Waals surface area contributed by atoms with Gasteiger partial charge in [0, 0.05) is 24.4 Å². The average molecular weight is 439 g/mol. The Morgan fingerprint density at radius 3 is 2.50 bits per heavy atom. The molecule has 0 fully saturated rings. The zero-order valence-electron chi connectivity index (χ0n) is 20.5. The van der Waals surface area contributed by atoms with Crippen molar-refractivity contribution in [2.45, 2.75) is 72.8 Å². The summed E-state index contributed by atoms with van der Waals surface area (Å²) in [5.74, 6) is 1.17. The number of amides is 1. The molecule has 32 heavy (non-hydrogen) atoms. The molecule has 0 aromatic heterocycles. The van der Waals surface area contributed by atoms with E-state index >= 15 is 0 Å². The second-order valence-corrected chi connectivity index (χ2v) is 7.28. The first-order valence-corrected chi connectivity index (χ1v) is 12.0.